The number of carboxylic acid groups (broad SMARTS) is 1. The lowest BCUT2D eigenvalue weighted by Crippen LogP contribution is -2.35. The topological polar surface area (TPSA) is 65.5 Å². The van der Waals surface area contributed by atoms with Gasteiger partial charge in [-0.05, 0) is 22.8 Å². The number of hydrogen-bond acceptors (Lipinski definition) is 3. The lowest BCUT2D eigenvalue weighted by atomic mass is 9.98. The zero-order valence-corrected chi connectivity index (χ0v) is 14.9. The van der Waals surface area contributed by atoms with Crippen LogP contribution in [-0.2, 0) is 13.0 Å². The highest BCUT2D eigenvalue weighted by Gasteiger charge is 2.22. The van der Waals surface area contributed by atoms with Crippen molar-refractivity contribution >= 4 is 11.9 Å². The number of pyridine rings is 1. The molecule has 5 heteroatoms. The first kappa shape index (κ1) is 17.1. The van der Waals surface area contributed by atoms with Crippen LogP contribution in [0.1, 0.15) is 28.4 Å². The Labute approximate surface area is 158 Å². The molecule has 0 atom stereocenters. The molecule has 1 aliphatic rings. The van der Waals surface area contributed by atoms with Crippen molar-refractivity contribution in [3.8, 4) is 0 Å². The quantitative estimate of drug-likeness (QED) is 0.728. The molecule has 2 heterocycles. The number of nitrogens with one attached hydrogen (secondary N) is 1. The Balaban J connectivity index is 1.62. The van der Waals surface area contributed by atoms with E-state index in [1.165, 1.54) is 16.0 Å². The van der Waals surface area contributed by atoms with Crippen LogP contribution in [0.25, 0.3) is 0 Å². The van der Waals surface area contributed by atoms with Crippen molar-refractivity contribution in [3.63, 3.8) is 0 Å². The molecule has 1 aliphatic heterocycles. The lowest BCUT2D eigenvalue weighted by molar-refractivity contribution is 0.139. The number of benzene rings is 2. The molecule has 3 aromatic rings. The number of carbonyl (C=O) groups is 1. The number of fused-ring (bicyclic) bond motifs is 1. The highest BCUT2D eigenvalue weighted by molar-refractivity contribution is 5.65. The van der Waals surface area contributed by atoms with Gasteiger partial charge in [-0.25, -0.2) is 9.78 Å². The van der Waals surface area contributed by atoms with Gasteiger partial charge in [-0.3, -0.25) is 0 Å². The third-order valence-electron chi connectivity index (χ3n) is 4.88. The summed E-state index contributed by atoms with van der Waals surface area (Å²) in [5.41, 5.74) is 4.28. The molecular formula is C22H21N3O2. The van der Waals surface area contributed by atoms with Crippen molar-refractivity contribution in [2.45, 2.75) is 19.0 Å². The first-order valence-corrected chi connectivity index (χ1v) is 9.04. The molecule has 136 valence electrons. The van der Waals surface area contributed by atoms with Gasteiger partial charge >= 0.3 is 6.09 Å². The van der Waals surface area contributed by atoms with Crippen molar-refractivity contribution in [1.82, 2.24) is 9.88 Å². The molecule has 5 nitrogen and oxygen atoms in total. The average molecular weight is 359 g/mol. The van der Waals surface area contributed by atoms with Crippen LogP contribution in [0.5, 0.6) is 0 Å². The predicted octanol–water partition coefficient (Wildman–Crippen LogP) is 4.32. The molecule has 0 fully saturated rings. The summed E-state index contributed by atoms with van der Waals surface area (Å²) in [5, 5.41) is 12.7. The minimum absolute atomic E-state index is 0.00272. The number of nitrogens with zero attached hydrogens (tertiary/aromatic N) is 2. The third-order valence-corrected chi connectivity index (χ3v) is 4.88. The molecule has 2 N–H and O–H groups in total. The first-order chi connectivity index (χ1) is 13.2. The SMILES string of the molecule is O=C(O)N1CCc2nc(NC(c3ccccc3)c3ccccc3)ccc2C1. The highest BCUT2D eigenvalue weighted by Crippen LogP contribution is 2.27. The Hall–Kier alpha value is -3.34. The van der Waals surface area contributed by atoms with E-state index < -0.39 is 6.09 Å². The number of amides is 1. The second-order valence-corrected chi connectivity index (χ2v) is 6.66. The number of anilines is 1. The van der Waals surface area contributed by atoms with Crippen LogP contribution in [0.4, 0.5) is 10.6 Å². The first-order valence-electron chi connectivity index (χ1n) is 9.04. The Morgan fingerprint density at radius 3 is 2.19 bits per heavy atom. The molecule has 2 aromatic carbocycles. The van der Waals surface area contributed by atoms with Crippen molar-refractivity contribution in [2.24, 2.45) is 0 Å². The van der Waals surface area contributed by atoms with Gasteiger partial charge in [0.25, 0.3) is 0 Å². The van der Waals surface area contributed by atoms with E-state index in [9.17, 15) is 9.90 Å². The second kappa shape index (κ2) is 7.50. The molecular weight excluding hydrogens is 338 g/mol. The Kier molecular flexibility index (Phi) is 4.75. The molecule has 4 rings (SSSR count). The minimum atomic E-state index is -0.879. The van der Waals surface area contributed by atoms with Gasteiger partial charge in [0.05, 0.1) is 12.6 Å². The van der Waals surface area contributed by atoms with Crippen LogP contribution >= 0.6 is 0 Å². The Morgan fingerprint density at radius 1 is 0.963 bits per heavy atom. The molecule has 1 aromatic heterocycles. The molecule has 27 heavy (non-hydrogen) atoms. The normalized spacial score (nSPS) is 13.3. The van der Waals surface area contributed by atoms with E-state index in [1.54, 1.807) is 0 Å². The van der Waals surface area contributed by atoms with Gasteiger partial charge in [0, 0.05) is 18.7 Å². The van der Waals surface area contributed by atoms with Crippen LogP contribution in [0.2, 0.25) is 0 Å². The summed E-state index contributed by atoms with van der Waals surface area (Å²) in [6, 6.07) is 24.5. The molecule has 0 radical (unpaired) electrons. The minimum Gasteiger partial charge on any atom is -0.465 e. The van der Waals surface area contributed by atoms with E-state index in [2.05, 4.69) is 29.6 Å². The summed E-state index contributed by atoms with van der Waals surface area (Å²) in [6.45, 7) is 0.887. The van der Waals surface area contributed by atoms with E-state index >= 15 is 0 Å². The van der Waals surface area contributed by atoms with E-state index in [0.29, 0.717) is 19.5 Å². The summed E-state index contributed by atoms with van der Waals surface area (Å²) in [5.74, 6) is 0.801. The van der Waals surface area contributed by atoms with Crippen LogP contribution in [0.3, 0.4) is 0 Å². The average Bonchev–Trinajstić information content (AvgIpc) is 2.72. The van der Waals surface area contributed by atoms with Gasteiger partial charge in [-0.2, -0.15) is 0 Å². The van der Waals surface area contributed by atoms with Gasteiger partial charge in [0.1, 0.15) is 5.82 Å². The summed E-state index contributed by atoms with van der Waals surface area (Å²) in [7, 11) is 0. The second-order valence-electron chi connectivity index (χ2n) is 6.66. The lowest BCUT2D eigenvalue weighted by Gasteiger charge is -2.27. The maximum absolute atomic E-state index is 11.2. The van der Waals surface area contributed by atoms with Gasteiger partial charge in [0.15, 0.2) is 0 Å². The molecule has 0 saturated heterocycles. The van der Waals surface area contributed by atoms with E-state index in [-0.39, 0.29) is 6.04 Å². The van der Waals surface area contributed by atoms with Crippen molar-refractivity contribution in [1.29, 1.82) is 0 Å². The van der Waals surface area contributed by atoms with Crippen molar-refractivity contribution in [2.75, 3.05) is 11.9 Å². The third kappa shape index (κ3) is 3.77. The molecule has 0 spiro atoms. The van der Waals surface area contributed by atoms with E-state index in [1.807, 2.05) is 48.5 Å². The summed E-state index contributed by atoms with van der Waals surface area (Å²) in [4.78, 5) is 17.4. The fourth-order valence-corrected chi connectivity index (χ4v) is 3.46. The van der Waals surface area contributed by atoms with Gasteiger partial charge < -0.3 is 15.3 Å². The molecule has 0 aliphatic carbocycles. The highest BCUT2D eigenvalue weighted by atomic mass is 16.4. The smallest absolute Gasteiger partial charge is 0.407 e. The summed E-state index contributed by atoms with van der Waals surface area (Å²) < 4.78 is 0. The Bertz CT molecular complexity index is 889. The molecule has 0 unspecified atom stereocenters. The molecule has 0 bridgehead atoms. The summed E-state index contributed by atoms with van der Waals surface area (Å²) in [6.07, 6.45) is -0.241. The molecule has 1 amide bonds. The van der Waals surface area contributed by atoms with E-state index in [0.717, 1.165) is 17.1 Å². The largest absolute Gasteiger partial charge is 0.465 e. The number of hydrogen-bond donors (Lipinski definition) is 2. The fourth-order valence-electron chi connectivity index (χ4n) is 3.46. The number of rotatable bonds is 4. The maximum Gasteiger partial charge on any atom is 0.407 e. The van der Waals surface area contributed by atoms with Crippen molar-refractivity contribution in [3.05, 3.63) is 95.2 Å². The monoisotopic (exact) mass is 359 g/mol. The zero-order chi connectivity index (χ0) is 18.6. The Morgan fingerprint density at radius 2 is 1.59 bits per heavy atom. The summed E-state index contributed by atoms with van der Waals surface area (Å²) >= 11 is 0. The van der Waals surface area contributed by atoms with E-state index in [4.69, 9.17) is 4.98 Å². The van der Waals surface area contributed by atoms with Crippen molar-refractivity contribution < 1.29 is 9.90 Å². The maximum atomic E-state index is 11.2. The number of aromatic nitrogens is 1. The van der Waals surface area contributed by atoms with Gasteiger partial charge in [0.2, 0.25) is 0 Å². The molecule has 0 saturated carbocycles. The van der Waals surface area contributed by atoms with Crippen LogP contribution in [-0.4, -0.2) is 27.6 Å². The fraction of sp³-hybridized carbons (Fsp3) is 0.182. The van der Waals surface area contributed by atoms with Crippen LogP contribution in [0.15, 0.2) is 72.8 Å². The van der Waals surface area contributed by atoms with Gasteiger partial charge in [-0.1, -0.05) is 66.7 Å². The predicted molar refractivity (Wildman–Crippen MR) is 105 cm³/mol. The zero-order valence-electron chi connectivity index (χ0n) is 14.9. The standard InChI is InChI=1S/C22H21N3O2/c26-22(27)25-14-13-19-18(15-25)11-12-20(23-19)24-21(16-7-3-1-4-8-16)17-9-5-2-6-10-17/h1-12,21H,13-15H2,(H,23,24)(H,26,27). The van der Waals surface area contributed by atoms with Gasteiger partial charge in [-0.15, -0.1) is 0 Å². The van der Waals surface area contributed by atoms with Crippen LogP contribution < -0.4 is 5.32 Å². The van der Waals surface area contributed by atoms with Crippen LogP contribution in [0, 0.1) is 0 Å².